The molecular weight excluding hydrogens is 266 g/mol. The predicted molar refractivity (Wildman–Crippen MR) is 83.1 cm³/mol. The lowest BCUT2D eigenvalue weighted by molar-refractivity contribution is -0.106. The summed E-state index contributed by atoms with van der Waals surface area (Å²) >= 11 is 0. The minimum atomic E-state index is 0.651. The standard InChI is InChI=1S/C16H13N3O2/c20-9-18-12-3-1-11(2-4-12)15-8-17-16-6-5-13(19-10-21)7-14(15)16/h1-10,17H,(H,18,20)(H,19,21). The van der Waals surface area contributed by atoms with E-state index in [1.165, 1.54) is 0 Å². The van der Waals surface area contributed by atoms with Crippen molar-refractivity contribution in [2.75, 3.05) is 10.6 Å². The summed E-state index contributed by atoms with van der Waals surface area (Å²) in [6.07, 6.45) is 3.24. The van der Waals surface area contributed by atoms with Crippen molar-refractivity contribution in [3.63, 3.8) is 0 Å². The lowest BCUT2D eigenvalue weighted by Gasteiger charge is -2.04. The molecule has 2 aromatic carbocycles. The Morgan fingerprint density at radius 1 is 0.857 bits per heavy atom. The van der Waals surface area contributed by atoms with Crippen molar-refractivity contribution in [3.8, 4) is 11.1 Å². The topological polar surface area (TPSA) is 74.0 Å². The first-order valence-electron chi connectivity index (χ1n) is 6.44. The van der Waals surface area contributed by atoms with Crippen molar-refractivity contribution >= 4 is 35.1 Å². The second-order valence-electron chi connectivity index (χ2n) is 4.56. The third-order valence-corrected chi connectivity index (χ3v) is 3.33. The Hall–Kier alpha value is -3.08. The molecule has 104 valence electrons. The van der Waals surface area contributed by atoms with Crippen molar-refractivity contribution in [1.29, 1.82) is 0 Å². The van der Waals surface area contributed by atoms with E-state index in [4.69, 9.17) is 0 Å². The number of carbonyl (C=O) groups excluding carboxylic acids is 2. The smallest absolute Gasteiger partial charge is 0.211 e. The molecule has 5 heteroatoms. The van der Waals surface area contributed by atoms with Crippen molar-refractivity contribution in [3.05, 3.63) is 48.7 Å². The maximum Gasteiger partial charge on any atom is 0.211 e. The number of hydrogen-bond donors (Lipinski definition) is 3. The summed E-state index contributed by atoms with van der Waals surface area (Å²) in [6.45, 7) is 0. The molecule has 2 amide bonds. The highest BCUT2D eigenvalue weighted by Gasteiger charge is 2.07. The molecule has 0 unspecified atom stereocenters. The van der Waals surface area contributed by atoms with Gasteiger partial charge in [-0.25, -0.2) is 0 Å². The van der Waals surface area contributed by atoms with E-state index in [-0.39, 0.29) is 0 Å². The summed E-state index contributed by atoms with van der Waals surface area (Å²) in [4.78, 5) is 24.2. The third kappa shape index (κ3) is 2.49. The van der Waals surface area contributed by atoms with Crippen LogP contribution in [0.4, 0.5) is 11.4 Å². The normalized spacial score (nSPS) is 10.3. The first kappa shape index (κ1) is 12.9. The van der Waals surface area contributed by atoms with Crippen molar-refractivity contribution in [1.82, 2.24) is 4.98 Å². The van der Waals surface area contributed by atoms with Gasteiger partial charge in [-0.2, -0.15) is 0 Å². The van der Waals surface area contributed by atoms with Crippen LogP contribution in [0.2, 0.25) is 0 Å². The van der Waals surface area contributed by atoms with E-state index in [1.807, 2.05) is 48.7 Å². The zero-order valence-electron chi connectivity index (χ0n) is 11.1. The van der Waals surface area contributed by atoms with Gasteiger partial charge in [0.1, 0.15) is 0 Å². The van der Waals surface area contributed by atoms with E-state index < -0.39 is 0 Å². The average Bonchev–Trinajstić information content (AvgIpc) is 2.92. The van der Waals surface area contributed by atoms with Gasteiger partial charge in [0, 0.05) is 34.0 Å². The van der Waals surface area contributed by atoms with Crippen molar-refractivity contribution < 1.29 is 9.59 Å². The van der Waals surface area contributed by atoms with Gasteiger partial charge < -0.3 is 15.6 Å². The van der Waals surface area contributed by atoms with Crippen LogP contribution in [0.15, 0.2) is 48.7 Å². The molecule has 3 rings (SSSR count). The molecule has 21 heavy (non-hydrogen) atoms. The van der Waals surface area contributed by atoms with E-state index in [0.29, 0.717) is 12.8 Å². The van der Waals surface area contributed by atoms with Crippen LogP contribution in [0, 0.1) is 0 Å². The highest BCUT2D eigenvalue weighted by atomic mass is 16.1. The Labute approximate surface area is 121 Å². The van der Waals surface area contributed by atoms with Gasteiger partial charge in [-0.05, 0) is 35.9 Å². The Balaban J connectivity index is 2.04. The molecule has 0 bridgehead atoms. The number of fused-ring (bicyclic) bond motifs is 1. The van der Waals surface area contributed by atoms with Gasteiger partial charge in [0.05, 0.1) is 0 Å². The second kappa shape index (κ2) is 5.50. The number of carbonyl (C=O) groups is 2. The monoisotopic (exact) mass is 279 g/mol. The molecular formula is C16H13N3O2. The number of aromatic nitrogens is 1. The average molecular weight is 279 g/mol. The molecule has 0 radical (unpaired) electrons. The van der Waals surface area contributed by atoms with Crippen LogP contribution in [0.1, 0.15) is 0 Å². The highest BCUT2D eigenvalue weighted by molar-refractivity contribution is 5.98. The Morgan fingerprint density at radius 2 is 1.52 bits per heavy atom. The maximum atomic E-state index is 10.5. The largest absolute Gasteiger partial charge is 0.361 e. The fourth-order valence-electron chi connectivity index (χ4n) is 2.33. The zero-order valence-corrected chi connectivity index (χ0v) is 11.1. The summed E-state index contributed by atoms with van der Waals surface area (Å²) in [5.74, 6) is 0. The van der Waals surface area contributed by atoms with Gasteiger partial charge in [0.15, 0.2) is 0 Å². The zero-order chi connectivity index (χ0) is 14.7. The fourth-order valence-corrected chi connectivity index (χ4v) is 2.33. The van der Waals surface area contributed by atoms with Gasteiger partial charge in [-0.15, -0.1) is 0 Å². The summed E-state index contributed by atoms with van der Waals surface area (Å²) in [5, 5.41) is 6.28. The maximum absolute atomic E-state index is 10.5. The molecule has 5 nitrogen and oxygen atoms in total. The second-order valence-corrected chi connectivity index (χ2v) is 4.56. The number of benzene rings is 2. The van der Waals surface area contributed by atoms with Crippen LogP contribution in [0.5, 0.6) is 0 Å². The molecule has 0 spiro atoms. The molecule has 3 N–H and O–H groups in total. The van der Waals surface area contributed by atoms with Crippen molar-refractivity contribution in [2.45, 2.75) is 0 Å². The quantitative estimate of drug-likeness (QED) is 0.628. The molecule has 0 aliphatic rings. The Morgan fingerprint density at radius 3 is 2.24 bits per heavy atom. The van der Waals surface area contributed by atoms with E-state index in [9.17, 15) is 9.59 Å². The van der Waals surface area contributed by atoms with Gasteiger partial charge in [0.2, 0.25) is 12.8 Å². The molecule has 1 aromatic heterocycles. The molecule has 0 fully saturated rings. The van der Waals surface area contributed by atoms with Crippen LogP contribution in [-0.2, 0) is 9.59 Å². The minimum Gasteiger partial charge on any atom is -0.361 e. The van der Waals surface area contributed by atoms with Gasteiger partial charge >= 0.3 is 0 Å². The number of hydrogen-bond acceptors (Lipinski definition) is 2. The van der Waals surface area contributed by atoms with Crippen LogP contribution >= 0.6 is 0 Å². The first-order chi connectivity index (χ1) is 10.3. The van der Waals surface area contributed by atoms with Gasteiger partial charge in [0.25, 0.3) is 0 Å². The molecule has 0 aliphatic heterocycles. The molecule has 0 saturated carbocycles. The summed E-state index contributed by atoms with van der Waals surface area (Å²) in [7, 11) is 0. The SMILES string of the molecule is O=CNc1ccc(-c2c[nH]c3ccc(NC=O)cc23)cc1. The summed E-state index contributed by atoms with van der Waals surface area (Å²) < 4.78 is 0. The van der Waals surface area contributed by atoms with Gasteiger partial charge in [-0.3, -0.25) is 9.59 Å². The van der Waals surface area contributed by atoms with Gasteiger partial charge in [-0.1, -0.05) is 12.1 Å². The minimum absolute atomic E-state index is 0.651. The van der Waals surface area contributed by atoms with Crippen LogP contribution < -0.4 is 10.6 Å². The Kier molecular flexibility index (Phi) is 3.39. The van der Waals surface area contributed by atoms with Crippen LogP contribution in [-0.4, -0.2) is 17.8 Å². The number of H-pyrrole nitrogens is 1. The van der Waals surface area contributed by atoms with E-state index in [0.717, 1.165) is 33.4 Å². The fraction of sp³-hybridized carbons (Fsp3) is 0. The van der Waals surface area contributed by atoms with E-state index >= 15 is 0 Å². The first-order valence-corrected chi connectivity index (χ1v) is 6.44. The number of anilines is 2. The molecule has 0 aliphatic carbocycles. The molecule has 0 saturated heterocycles. The summed E-state index contributed by atoms with van der Waals surface area (Å²) in [6, 6.07) is 13.3. The predicted octanol–water partition coefficient (Wildman–Crippen LogP) is 2.97. The van der Waals surface area contributed by atoms with E-state index in [1.54, 1.807) is 0 Å². The molecule has 3 aromatic rings. The number of amides is 2. The number of nitrogens with one attached hydrogen (secondary N) is 3. The lowest BCUT2D eigenvalue weighted by atomic mass is 10.0. The summed E-state index contributed by atoms with van der Waals surface area (Å²) in [5.41, 5.74) is 4.56. The highest BCUT2D eigenvalue weighted by Crippen LogP contribution is 2.31. The lowest BCUT2D eigenvalue weighted by Crippen LogP contribution is -1.93. The van der Waals surface area contributed by atoms with Crippen LogP contribution in [0.25, 0.3) is 22.0 Å². The van der Waals surface area contributed by atoms with Crippen LogP contribution in [0.3, 0.4) is 0 Å². The van der Waals surface area contributed by atoms with Crippen molar-refractivity contribution in [2.24, 2.45) is 0 Å². The number of aromatic amines is 1. The van der Waals surface area contributed by atoms with E-state index in [2.05, 4.69) is 15.6 Å². The third-order valence-electron chi connectivity index (χ3n) is 3.33. The molecule has 1 heterocycles. The molecule has 0 atom stereocenters. The number of rotatable bonds is 5. The Bertz CT molecular complexity index is 791.